The third-order valence-corrected chi connectivity index (χ3v) is 2.85. The monoisotopic (exact) mass is 244 g/mol. The van der Waals surface area contributed by atoms with Gasteiger partial charge in [-0.2, -0.15) is 5.10 Å². The summed E-state index contributed by atoms with van der Waals surface area (Å²) in [5.41, 5.74) is 3.59. The quantitative estimate of drug-likeness (QED) is 0.825. The highest BCUT2D eigenvalue weighted by atomic mass is 15.3. The number of benzene rings is 1. The lowest BCUT2D eigenvalue weighted by Crippen LogP contribution is -2.17. The Labute approximate surface area is 108 Å². The van der Waals surface area contributed by atoms with Gasteiger partial charge in [0.1, 0.15) is 12.2 Å². The van der Waals surface area contributed by atoms with Crippen LogP contribution >= 0.6 is 0 Å². The SMILES string of the molecule is Cc1cc(C)cc(-n2ncnc2CCN(C)C)c1. The molecule has 1 aromatic heterocycles. The number of likely N-dealkylation sites (N-methyl/N-ethyl adjacent to an activating group) is 1. The predicted octanol–water partition coefficient (Wildman–Crippen LogP) is 1.99. The molecular weight excluding hydrogens is 224 g/mol. The van der Waals surface area contributed by atoms with Crippen LogP contribution in [0.25, 0.3) is 5.69 Å². The smallest absolute Gasteiger partial charge is 0.138 e. The largest absolute Gasteiger partial charge is 0.309 e. The van der Waals surface area contributed by atoms with Crippen LogP contribution in [0, 0.1) is 13.8 Å². The van der Waals surface area contributed by atoms with Gasteiger partial charge in [-0.05, 0) is 51.2 Å². The van der Waals surface area contributed by atoms with Gasteiger partial charge in [0.15, 0.2) is 0 Å². The highest BCUT2D eigenvalue weighted by molar-refractivity contribution is 5.39. The van der Waals surface area contributed by atoms with E-state index in [2.05, 4.69) is 61.1 Å². The molecule has 0 atom stereocenters. The Hall–Kier alpha value is -1.68. The van der Waals surface area contributed by atoms with Crippen molar-refractivity contribution in [1.82, 2.24) is 19.7 Å². The molecule has 1 heterocycles. The number of aryl methyl sites for hydroxylation is 2. The van der Waals surface area contributed by atoms with Crippen LogP contribution in [-0.2, 0) is 6.42 Å². The van der Waals surface area contributed by atoms with Crippen molar-refractivity contribution < 1.29 is 0 Å². The van der Waals surface area contributed by atoms with E-state index in [9.17, 15) is 0 Å². The zero-order valence-electron chi connectivity index (χ0n) is 11.5. The highest BCUT2D eigenvalue weighted by Gasteiger charge is 2.07. The Kier molecular flexibility index (Phi) is 3.77. The van der Waals surface area contributed by atoms with Crippen molar-refractivity contribution in [3.05, 3.63) is 41.5 Å². The second kappa shape index (κ2) is 5.31. The first-order chi connectivity index (χ1) is 8.56. The first kappa shape index (κ1) is 12.8. The molecule has 0 saturated heterocycles. The van der Waals surface area contributed by atoms with Gasteiger partial charge in [0.2, 0.25) is 0 Å². The summed E-state index contributed by atoms with van der Waals surface area (Å²) in [4.78, 5) is 6.50. The Morgan fingerprint density at radius 3 is 2.39 bits per heavy atom. The molecule has 2 aromatic rings. The van der Waals surface area contributed by atoms with Crippen molar-refractivity contribution in [2.75, 3.05) is 20.6 Å². The molecule has 2 rings (SSSR count). The minimum absolute atomic E-state index is 0.903. The molecule has 0 N–H and O–H groups in total. The zero-order valence-corrected chi connectivity index (χ0v) is 11.5. The number of aromatic nitrogens is 3. The van der Waals surface area contributed by atoms with Crippen molar-refractivity contribution >= 4 is 0 Å². The van der Waals surface area contributed by atoms with Gasteiger partial charge in [0.25, 0.3) is 0 Å². The second-order valence-corrected chi connectivity index (χ2v) is 4.99. The highest BCUT2D eigenvalue weighted by Crippen LogP contribution is 2.14. The molecule has 0 radical (unpaired) electrons. The molecule has 1 aromatic carbocycles. The minimum Gasteiger partial charge on any atom is -0.309 e. The molecule has 0 bridgehead atoms. The molecule has 4 heteroatoms. The summed E-state index contributed by atoms with van der Waals surface area (Å²) in [5, 5.41) is 4.33. The van der Waals surface area contributed by atoms with Gasteiger partial charge in [-0.1, -0.05) is 6.07 Å². The molecule has 0 aliphatic heterocycles. The maximum absolute atomic E-state index is 4.35. The molecule has 96 valence electrons. The Bertz CT molecular complexity index is 508. The lowest BCUT2D eigenvalue weighted by Gasteiger charge is -2.11. The van der Waals surface area contributed by atoms with Gasteiger partial charge in [-0.3, -0.25) is 0 Å². The average molecular weight is 244 g/mol. The summed E-state index contributed by atoms with van der Waals surface area (Å²) >= 11 is 0. The number of rotatable bonds is 4. The summed E-state index contributed by atoms with van der Waals surface area (Å²) in [5.74, 6) is 1.01. The summed E-state index contributed by atoms with van der Waals surface area (Å²) in [6.07, 6.45) is 2.53. The Morgan fingerprint density at radius 2 is 1.78 bits per heavy atom. The van der Waals surface area contributed by atoms with Crippen LogP contribution in [0.15, 0.2) is 24.5 Å². The second-order valence-electron chi connectivity index (χ2n) is 4.99. The molecular formula is C14H20N4. The lowest BCUT2D eigenvalue weighted by atomic mass is 10.1. The topological polar surface area (TPSA) is 34.0 Å². The van der Waals surface area contributed by atoms with E-state index in [4.69, 9.17) is 0 Å². The van der Waals surface area contributed by atoms with Crippen molar-refractivity contribution in [2.24, 2.45) is 0 Å². The van der Waals surface area contributed by atoms with Crippen LogP contribution < -0.4 is 0 Å². The van der Waals surface area contributed by atoms with Crippen LogP contribution in [0.3, 0.4) is 0 Å². The molecule has 18 heavy (non-hydrogen) atoms. The Balaban J connectivity index is 2.30. The van der Waals surface area contributed by atoms with Crippen molar-refractivity contribution in [1.29, 1.82) is 0 Å². The van der Waals surface area contributed by atoms with Gasteiger partial charge in [0.05, 0.1) is 5.69 Å². The van der Waals surface area contributed by atoms with Crippen LogP contribution in [0.1, 0.15) is 17.0 Å². The first-order valence-corrected chi connectivity index (χ1v) is 6.18. The van der Waals surface area contributed by atoms with Crippen molar-refractivity contribution in [3.63, 3.8) is 0 Å². The fourth-order valence-corrected chi connectivity index (χ4v) is 2.05. The maximum Gasteiger partial charge on any atom is 0.138 e. The summed E-state index contributed by atoms with van der Waals surface area (Å²) in [7, 11) is 4.13. The van der Waals surface area contributed by atoms with Crippen LogP contribution in [0.5, 0.6) is 0 Å². The van der Waals surface area contributed by atoms with Gasteiger partial charge in [-0.25, -0.2) is 9.67 Å². The van der Waals surface area contributed by atoms with E-state index in [1.807, 2.05) is 4.68 Å². The normalized spacial score (nSPS) is 11.2. The fraction of sp³-hybridized carbons (Fsp3) is 0.429. The molecule has 0 spiro atoms. The van der Waals surface area contributed by atoms with Gasteiger partial charge in [0, 0.05) is 13.0 Å². The molecule has 0 unspecified atom stereocenters. The molecule has 0 aliphatic carbocycles. The van der Waals surface area contributed by atoms with Crippen molar-refractivity contribution in [2.45, 2.75) is 20.3 Å². The summed E-state index contributed by atoms with van der Waals surface area (Å²) < 4.78 is 1.93. The van der Waals surface area contributed by atoms with E-state index in [-0.39, 0.29) is 0 Å². The lowest BCUT2D eigenvalue weighted by molar-refractivity contribution is 0.408. The summed E-state index contributed by atoms with van der Waals surface area (Å²) in [6.45, 7) is 5.18. The average Bonchev–Trinajstić information content (AvgIpc) is 2.72. The fourth-order valence-electron chi connectivity index (χ4n) is 2.05. The van der Waals surface area contributed by atoms with E-state index in [1.54, 1.807) is 6.33 Å². The molecule has 0 fully saturated rings. The van der Waals surface area contributed by atoms with Crippen LogP contribution in [0.4, 0.5) is 0 Å². The number of hydrogen-bond donors (Lipinski definition) is 0. The number of nitrogens with zero attached hydrogens (tertiary/aromatic N) is 4. The first-order valence-electron chi connectivity index (χ1n) is 6.18. The molecule has 0 saturated carbocycles. The van der Waals surface area contributed by atoms with E-state index < -0.39 is 0 Å². The van der Waals surface area contributed by atoms with Gasteiger partial charge >= 0.3 is 0 Å². The third kappa shape index (κ3) is 2.96. The Morgan fingerprint density at radius 1 is 1.11 bits per heavy atom. The van der Waals surface area contributed by atoms with Crippen LogP contribution in [-0.4, -0.2) is 40.3 Å². The van der Waals surface area contributed by atoms with Gasteiger partial charge < -0.3 is 4.90 Å². The van der Waals surface area contributed by atoms with Crippen LogP contribution in [0.2, 0.25) is 0 Å². The van der Waals surface area contributed by atoms with E-state index >= 15 is 0 Å². The van der Waals surface area contributed by atoms with E-state index in [1.165, 1.54) is 11.1 Å². The standard InChI is InChI=1S/C14H20N4/c1-11-7-12(2)9-13(8-11)18-14(15-10-16-18)5-6-17(3)4/h7-10H,5-6H2,1-4H3. The minimum atomic E-state index is 0.903. The van der Waals surface area contributed by atoms with E-state index in [0.29, 0.717) is 0 Å². The molecule has 0 amide bonds. The third-order valence-electron chi connectivity index (χ3n) is 2.85. The molecule has 4 nitrogen and oxygen atoms in total. The molecule has 0 aliphatic rings. The summed E-state index contributed by atoms with van der Waals surface area (Å²) in [6, 6.07) is 6.45. The maximum atomic E-state index is 4.35. The predicted molar refractivity (Wildman–Crippen MR) is 73.1 cm³/mol. The zero-order chi connectivity index (χ0) is 13.1. The van der Waals surface area contributed by atoms with Gasteiger partial charge in [-0.15, -0.1) is 0 Å². The van der Waals surface area contributed by atoms with Crippen molar-refractivity contribution in [3.8, 4) is 5.69 Å². The number of hydrogen-bond acceptors (Lipinski definition) is 3. The van der Waals surface area contributed by atoms with E-state index in [0.717, 1.165) is 24.5 Å².